The summed E-state index contributed by atoms with van der Waals surface area (Å²) in [6, 6.07) is 0. The number of phosphoric ester groups is 1. The van der Waals surface area contributed by atoms with E-state index in [0.29, 0.717) is 25.7 Å². The van der Waals surface area contributed by atoms with Gasteiger partial charge in [0.25, 0.3) is 0 Å². The Morgan fingerprint density at radius 1 is 0.586 bits per heavy atom. The average Bonchev–Trinajstić information content (AvgIpc) is 3.20. The molecule has 11 heteroatoms. The van der Waals surface area contributed by atoms with Gasteiger partial charge < -0.3 is 20.1 Å². The minimum atomic E-state index is -4.42. The Morgan fingerprint density at radius 2 is 1.12 bits per heavy atom. The molecule has 58 heavy (non-hydrogen) atoms. The lowest BCUT2D eigenvalue weighted by Crippen LogP contribution is -2.29. The summed E-state index contributed by atoms with van der Waals surface area (Å²) in [6.07, 6.45) is 51.1. The van der Waals surface area contributed by atoms with Gasteiger partial charge in [-0.15, -0.1) is 0 Å². The summed E-state index contributed by atoms with van der Waals surface area (Å²) in [7, 11) is -4.42. The van der Waals surface area contributed by atoms with Crippen LogP contribution in [-0.4, -0.2) is 55.1 Å². The Balaban J connectivity index is 4.39. The van der Waals surface area contributed by atoms with Gasteiger partial charge in [0.2, 0.25) is 0 Å². The van der Waals surface area contributed by atoms with Gasteiger partial charge in [-0.1, -0.05) is 136 Å². The third-order valence-electron chi connectivity index (χ3n) is 8.12. The summed E-state index contributed by atoms with van der Waals surface area (Å²) < 4.78 is 32.6. The van der Waals surface area contributed by atoms with Crippen LogP contribution in [0.2, 0.25) is 0 Å². The van der Waals surface area contributed by atoms with Crippen LogP contribution in [0.25, 0.3) is 0 Å². The molecule has 0 amide bonds. The van der Waals surface area contributed by atoms with Crippen molar-refractivity contribution >= 4 is 25.5 Å². The topological polar surface area (TPSA) is 151 Å². The Labute approximate surface area is 350 Å². The van der Waals surface area contributed by atoms with Gasteiger partial charge in [-0.3, -0.25) is 23.4 Å². The maximum Gasteiger partial charge on any atom is 0.472 e. The van der Waals surface area contributed by atoms with E-state index < -0.39 is 32.5 Å². The van der Waals surface area contributed by atoms with Crippen molar-refractivity contribution < 1.29 is 42.4 Å². The highest BCUT2D eigenvalue weighted by Crippen LogP contribution is 2.43. The zero-order valence-corrected chi connectivity index (χ0v) is 36.4. The van der Waals surface area contributed by atoms with E-state index in [0.717, 1.165) is 83.5 Å². The van der Waals surface area contributed by atoms with E-state index in [2.05, 4.69) is 86.8 Å². The molecule has 0 aliphatic carbocycles. The smallest absolute Gasteiger partial charge is 0.462 e. The molecule has 0 fully saturated rings. The van der Waals surface area contributed by atoms with Crippen LogP contribution in [-0.2, 0) is 37.5 Å². The Kier molecular flexibility index (Phi) is 38.9. The second kappa shape index (κ2) is 41.5. The van der Waals surface area contributed by atoms with Gasteiger partial charge in [0.1, 0.15) is 6.61 Å². The van der Waals surface area contributed by atoms with Gasteiger partial charge in [0, 0.05) is 25.8 Å². The molecule has 0 aliphatic rings. The highest BCUT2D eigenvalue weighted by Gasteiger charge is 2.25. The molecule has 0 aromatic heterocycles. The van der Waals surface area contributed by atoms with Crippen molar-refractivity contribution in [3.63, 3.8) is 0 Å². The van der Waals surface area contributed by atoms with E-state index in [1.54, 1.807) is 12.2 Å². The first kappa shape index (κ1) is 54.3. The molecule has 1 unspecified atom stereocenters. The van der Waals surface area contributed by atoms with Gasteiger partial charge in [0.15, 0.2) is 11.9 Å². The number of hydrogen-bond donors (Lipinski definition) is 2. The molecule has 0 heterocycles. The van der Waals surface area contributed by atoms with Gasteiger partial charge in [-0.25, -0.2) is 4.57 Å². The fraction of sp³-hybridized carbons (Fsp3) is 0.553. The number of carbonyl (C=O) groups is 3. The summed E-state index contributed by atoms with van der Waals surface area (Å²) in [5.74, 6) is -0.816. The molecular formula is C47H74NO9P. The summed E-state index contributed by atoms with van der Waals surface area (Å²) >= 11 is 0. The molecule has 0 bridgehead atoms. The molecule has 10 nitrogen and oxygen atoms in total. The summed E-state index contributed by atoms with van der Waals surface area (Å²) in [5.41, 5.74) is 5.33. The van der Waals surface area contributed by atoms with Crippen molar-refractivity contribution in [1.29, 1.82) is 0 Å². The molecule has 0 aliphatic heterocycles. The van der Waals surface area contributed by atoms with Crippen LogP contribution >= 0.6 is 7.82 Å². The van der Waals surface area contributed by atoms with Crippen LogP contribution in [0.5, 0.6) is 0 Å². The standard InChI is InChI=1S/C47H74NO9P/c1-3-5-7-8-9-10-11-12-13-14-15-16-17-18-21-25-28-31-35-39-47(51)57-45(43-56-58(52,53)55-41-40-48)42-54-46(50)38-34-30-27-24-22-19-20-23-26-29-33-37-44(49)36-32-6-4-2/h5,7,9-10,12-13,15-16,18-21,24,26-27,29,33,37,45H,3-4,6,8,11,14,17,22-23,25,28,30-32,34-36,38-43,48H2,1-2H3,(H,52,53)/b7-5-,10-9-,13-12-,16-15-,20-19-,21-18-,27-24-,29-26-,37-33+/t45-/m1/s1. The average molecular weight is 828 g/mol. The predicted octanol–water partition coefficient (Wildman–Crippen LogP) is 11.6. The highest BCUT2D eigenvalue weighted by atomic mass is 31.2. The number of allylic oxidation sites excluding steroid dienone is 18. The van der Waals surface area contributed by atoms with Crippen LogP contribution in [0.4, 0.5) is 0 Å². The first-order valence-corrected chi connectivity index (χ1v) is 22.8. The van der Waals surface area contributed by atoms with Gasteiger partial charge >= 0.3 is 19.8 Å². The van der Waals surface area contributed by atoms with E-state index >= 15 is 0 Å². The fourth-order valence-corrected chi connectivity index (χ4v) is 5.72. The Morgan fingerprint density at radius 3 is 1.71 bits per heavy atom. The van der Waals surface area contributed by atoms with Crippen LogP contribution < -0.4 is 5.73 Å². The van der Waals surface area contributed by atoms with Gasteiger partial charge in [-0.05, 0) is 89.5 Å². The molecule has 0 saturated heterocycles. The fourth-order valence-electron chi connectivity index (χ4n) is 4.96. The first-order valence-electron chi connectivity index (χ1n) is 21.3. The number of hydrogen-bond acceptors (Lipinski definition) is 9. The minimum absolute atomic E-state index is 0.0246. The van der Waals surface area contributed by atoms with Crippen molar-refractivity contribution in [2.24, 2.45) is 5.73 Å². The highest BCUT2D eigenvalue weighted by molar-refractivity contribution is 7.47. The molecule has 0 saturated carbocycles. The number of esters is 2. The molecule has 0 aromatic carbocycles. The molecule has 326 valence electrons. The minimum Gasteiger partial charge on any atom is -0.462 e. The van der Waals surface area contributed by atoms with Crippen molar-refractivity contribution in [1.82, 2.24) is 0 Å². The van der Waals surface area contributed by atoms with E-state index in [9.17, 15) is 23.8 Å². The lowest BCUT2D eigenvalue weighted by Gasteiger charge is -2.19. The lowest BCUT2D eigenvalue weighted by atomic mass is 10.1. The van der Waals surface area contributed by atoms with Crippen molar-refractivity contribution in [3.8, 4) is 0 Å². The summed E-state index contributed by atoms with van der Waals surface area (Å²) in [4.78, 5) is 46.5. The summed E-state index contributed by atoms with van der Waals surface area (Å²) in [5, 5.41) is 0. The number of ketones is 1. The molecular weight excluding hydrogens is 753 g/mol. The van der Waals surface area contributed by atoms with E-state index in [1.165, 1.54) is 0 Å². The quantitative estimate of drug-likeness (QED) is 0.0154. The van der Waals surface area contributed by atoms with Gasteiger partial charge in [-0.2, -0.15) is 0 Å². The number of rotatable bonds is 38. The van der Waals surface area contributed by atoms with E-state index in [4.69, 9.17) is 24.3 Å². The van der Waals surface area contributed by atoms with Crippen LogP contribution in [0.3, 0.4) is 0 Å². The third kappa shape index (κ3) is 40.5. The number of ether oxygens (including phenoxy) is 2. The molecule has 0 rings (SSSR count). The number of phosphoric acid groups is 1. The molecule has 0 aromatic rings. The Bertz CT molecular complexity index is 1370. The zero-order valence-electron chi connectivity index (χ0n) is 35.5. The maximum atomic E-state index is 12.6. The van der Waals surface area contributed by atoms with Crippen LogP contribution in [0.1, 0.15) is 136 Å². The van der Waals surface area contributed by atoms with Crippen molar-refractivity contribution in [2.45, 2.75) is 142 Å². The van der Waals surface area contributed by atoms with Crippen molar-refractivity contribution in [2.75, 3.05) is 26.4 Å². The van der Waals surface area contributed by atoms with Crippen molar-refractivity contribution in [3.05, 3.63) is 109 Å². The maximum absolute atomic E-state index is 12.6. The molecule has 3 N–H and O–H groups in total. The second-order valence-electron chi connectivity index (χ2n) is 13.5. The zero-order chi connectivity index (χ0) is 42.6. The third-order valence-corrected chi connectivity index (χ3v) is 9.10. The SMILES string of the molecule is CC/C=C\C/C=C\C/C=C\C/C=C\C/C=C\CCCCCC(=O)O[C@H](COC(=O)CCC/C=C\C/C=C\C/C=C\C=C\C(=O)CCCCC)COP(=O)(O)OCCN. The molecule has 0 spiro atoms. The van der Waals surface area contributed by atoms with E-state index in [-0.39, 0.29) is 38.4 Å². The largest absolute Gasteiger partial charge is 0.472 e. The predicted molar refractivity (Wildman–Crippen MR) is 238 cm³/mol. The Hall–Kier alpha value is -3.66. The molecule has 0 radical (unpaired) electrons. The first-order chi connectivity index (χ1) is 28.2. The summed E-state index contributed by atoms with van der Waals surface area (Å²) in [6.45, 7) is 3.30. The number of nitrogens with two attached hydrogens (primary N) is 1. The monoisotopic (exact) mass is 828 g/mol. The van der Waals surface area contributed by atoms with Crippen LogP contribution in [0.15, 0.2) is 109 Å². The van der Waals surface area contributed by atoms with Gasteiger partial charge in [0.05, 0.1) is 13.2 Å². The van der Waals surface area contributed by atoms with E-state index in [1.807, 2.05) is 24.3 Å². The normalized spacial score (nSPS) is 14.3. The second-order valence-corrected chi connectivity index (χ2v) is 15.0. The van der Waals surface area contributed by atoms with Crippen LogP contribution in [0, 0.1) is 0 Å². The number of carbonyl (C=O) groups excluding carboxylic acids is 3. The number of unbranched alkanes of at least 4 members (excludes halogenated alkanes) is 6. The molecule has 2 atom stereocenters. The lowest BCUT2D eigenvalue weighted by molar-refractivity contribution is -0.161.